The van der Waals surface area contributed by atoms with Gasteiger partial charge in [-0.15, -0.1) is 0 Å². The lowest BCUT2D eigenvalue weighted by Gasteiger charge is -2.18. The van der Waals surface area contributed by atoms with Crippen LogP contribution in [-0.2, 0) is 28.6 Å². The molecule has 1 N–H and O–H groups in total. The number of carbonyl (C=O) groups is 1. The number of aromatic nitrogens is 2. The van der Waals surface area contributed by atoms with E-state index in [9.17, 15) is 22.8 Å². The molecular weight excluding hydrogens is 404 g/mol. The van der Waals surface area contributed by atoms with Gasteiger partial charge in [-0.1, -0.05) is 18.2 Å². The lowest BCUT2D eigenvalue weighted by molar-refractivity contribution is -0.150. The smallest absolute Gasteiger partial charge is 0.330 e. The van der Waals surface area contributed by atoms with Gasteiger partial charge in [-0.05, 0) is 19.1 Å². The first-order valence-corrected chi connectivity index (χ1v) is 10.2. The first-order chi connectivity index (χ1) is 13.7. The van der Waals surface area contributed by atoms with Crippen LogP contribution in [0.3, 0.4) is 0 Å². The third kappa shape index (κ3) is 4.81. The fraction of sp³-hybridized carbons (Fsp3) is 0.389. The quantitative estimate of drug-likeness (QED) is 0.522. The molecule has 29 heavy (non-hydrogen) atoms. The number of esters is 1. The molecule has 11 heteroatoms. The molecule has 0 spiro atoms. The number of nitrogens with one attached hydrogen (secondary N) is 1. The van der Waals surface area contributed by atoms with Gasteiger partial charge in [0.1, 0.15) is 18.4 Å². The number of aryl methyl sites for hydroxylation is 1. The van der Waals surface area contributed by atoms with Crippen LogP contribution in [0.15, 0.2) is 51.0 Å². The predicted octanol–water partition coefficient (Wildman–Crippen LogP) is 0.470. The minimum Gasteiger partial charge on any atom is -0.460 e. The van der Waals surface area contributed by atoms with Crippen molar-refractivity contribution in [3.05, 3.63) is 62.9 Å². The molecule has 1 aromatic carbocycles. The van der Waals surface area contributed by atoms with Crippen LogP contribution in [0.4, 0.5) is 0 Å². The van der Waals surface area contributed by atoms with Crippen molar-refractivity contribution in [2.75, 3.05) is 6.61 Å². The standard InChI is InChI=1S/C18H20N2O8S/c1-11-9-20(18(23)19-17(11)22)16-8-14(27-12(2)21)15(28-16)10-26-29(24,25)13-6-4-3-5-7-13/h3-7,9,14-16H,8,10H2,1-2H3,(H,19,22,23)/t14-,15-,16-/m1/s1. The second kappa shape index (κ2) is 8.31. The Balaban J connectivity index is 1.80. The molecule has 2 heterocycles. The molecule has 0 bridgehead atoms. The van der Waals surface area contributed by atoms with Crippen molar-refractivity contribution in [3.8, 4) is 0 Å². The molecule has 1 saturated heterocycles. The van der Waals surface area contributed by atoms with E-state index in [1.54, 1.807) is 18.2 Å². The summed E-state index contributed by atoms with van der Waals surface area (Å²) in [6, 6.07) is 7.57. The first-order valence-electron chi connectivity index (χ1n) is 8.76. The van der Waals surface area contributed by atoms with Gasteiger partial charge in [0.15, 0.2) is 0 Å². The van der Waals surface area contributed by atoms with E-state index in [0.29, 0.717) is 5.56 Å². The zero-order valence-corrected chi connectivity index (χ0v) is 16.5. The molecule has 0 saturated carbocycles. The van der Waals surface area contributed by atoms with Gasteiger partial charge in [-0.25, -0.2) is 4.79 Å². The topological polar surface area (TPSA) is 134 Å². The molecule has 0 unspecified atom stereocenters. The fourth-order valence-electron chi connectivity index (χ4n) is 2.97. The Morgan fingerprint density at radius 3 is 2.62 bits per heavy atom. The average Bonchev–Trinajstić information content (AvgIpc) is 3.05. The second-order valence-electron chi connectivity index (χ2n) is 6.54. The molecule has 1 aliphatic rings. The van der Waals surface area contributed by atoms with E-state index in [4.69, 9.17) is 13.7 Å². The normalized spacial score (nSPS) is 21.8. The van der Waals surface area contributed by atoms with Gasteiger partial charge < -0.3 is 9.47 Å². The number of H-pyrrole nitrogens is 1. The highest BCUT2D eigenvalue weighted by Crippen LogP contribution is 2.31. The number of benzene rings is 1. The number of carbonyl (C=O) groups excluding carboxylic acids is 1. The Morgan fingerprint density at radius 1 is 1.28 bits per heavy atom. The molecule has 1 aromatic heterocycles. The van der Waals surface area contributed by atoms with Crippen LogP contribution in [0.2, 0.25) is 0 Å². The summed E-state index contributed by atoms with van der Waals surface area (Å²) >= 11 is 0. The highest BCUT2D eigenvalue weighted by atomic mass is 32.2. The molecule has 10 nitrogen and oxygen atoms in total. The van der Waals surface area contributed by atoms with Crippen molar-refractivity contribution in [2.45, 2.75) is 43.6 Å². The monoisotopic (exact) mass is 424 g/mol. The number of nitrogens with zero attached hydrogens (tertiary/aromatic N) is 1. The van der Waals surface area contributed by atoms with Crippen molar-refractivity contribution in [2.24, 2.45) is 0 Å². The molecule has 3 atom stereocenters. The van der Waals surface area contributed by atoms with E-state index >= 15 is 0 Å². The molecule has 0 radical (unpaired) electrons. The predicted molar refractivity (Wildman–Crippen MR) is 99.7 cm³/mol. The molecular formula is C18H20N2O8S. The van der Waals surface area contributed by atoms with Crippen LogP contribution < -0.4 is 11.2 Å². The van der Waals surface area contributed by atoms with Gasteiger partial charge in [0, 0.05) is 25.1 Å². The average molecular weight is 424 g/mol. The summed E-state index contributed by atoms with van der Waals surface area (Å²) in [6.45, 7) is 2.32. The maximum Gasteiger partial charge on any atom is 0.330 e. The van der Waals surface area contributed by atoms with E-state index in [-0.39, 0.29) is 11.3 Å². The highest BCUT2D eigenvalue weighted by Gasteiger charge is 2.40. The summed E-state index contributed by atoms with van der Waals surface area (Å²) in [7, 11) is -4.04. The largest absolute Gasteiger partial charge is 0.460 e. The number of aromatic amines is 1. The zero-order valence-electron chi connectivity index (χ0n) is 15.7. The van der Waals surface area contributed by atoms with Crippen molar-refractivity contribution in [1.82, 2.24) is 9.55 Å². The second-order valence-corrected chi connectivity index (χ2v) is 8.16. The first kappa shape index (κ1) is 21.0. The lowest BCUT2D eigenvalue weighted by Crippen LogP contribution is -2.33. The van der Waals surface area contributed by atoms with Crippen LogP contribution in [0.25, 0.3) is 0 Å². The van der Waals surface area contributed by atoms with Gasteiger partial charge in [0.05, 0.1) is 11.5 Å². The van der Waals surface area contributed by atoms with Gasteiger partial charge in [-0.3, -0.25) is 23.3 Å². The minimum atomic E-state index is -4.04. The van der Waals surface area contributed by atoms with Crippen LogP contribution in [0.5, 0.6) is 0 Å². The molecule has 0 aliphatic carbocycles. The van der Waals surface area contributed by atoms with Gasteiger partial charge in [0.25, 0.3) is 15.7 Å². The SMILES string of the molecule is CC(=O)O[C@@H]1C[C@H](n2cc(C)c(=O)[nH]c2=O)O[C@@H]1COS(=O)(=O)c1ccccc1. The number of rotatable bonds is 6. The van der Waals surface area contributed by atoms with Crippen LogP contribution >= 0.6 is 0 Å². The van der Waals surface area contributed by atoms with E-state index in [1.165, 1.54) is 36.7 Å². The van der Waals surface area contributed by atoms with Crippen LogP contribution in [0, 0.1) is 6.92 Å². The van der Waals surface area contributed by atoms with Gasteiger partial charge >= 0.3 is 11.7 Å². The Bertz CT molecular complexity index is 1110. The van der Waals surface area contributed by atoms with E-state index in [2.05, 4.69) is 4.98 Å². The van der Waals surface area contributed by atoms with Gasteiger partial charge in [-0.2, -0.15) is 8.42 Å². The molecule has 1 fully saturated rings. The third-order valence-corrected chi connectivity index (χ3v) is 5.67. The Kier molecular flexibility index (Phi) is 6.01. The third-order valence-electron chi connectivity index (χ3n) is 4.37. The van der Waals surface area contributed by atoms with Crippen molar-refractivity contribution >= 4 is 16.1 Å². The van der Waals surface area contributed by atoms with Crippen molar-refractivity contribution in [3.63, 3.8) is 0 Å². The Morgan fingerprint density at radius 2 is 1.97 bits per heavy atom. The fourth-order valence-corrected chi connectivity index (χ4v) is 3.91. The maximum absolute atomic E-state index is 12.3. The summed E-state index contributed by atoms with van der Waals surface area (Å²) < 4.78 is 41.9. The summed E-state index contributed by atoms with van der Waals surface area (Å²) in [5.41, 5.74) is -0.913. The number of ether oxygens (including phenoxy) is 2. The van der Waals surface area contributed by atoms with Crippen molar-refractivity contribution in [1.29, 1.82) is 0 Å². The van der Waals surface area contributed by atoms with Gasteiger partial charge in [0.2, 0.25) is 0 Å². The Hall–Kier alpha value is -2.76. The number of hydrogen-bond acceptors (Lipinski definition) is 8. The van der Waals surface area contributed by atoms with E-state index < -0.39 is 52.4 Å². The van der Waals surface area contributed by atoms with Crippen molar-refractivity contribution < 1.29 is 26.9 Å². The molecule has 2 aromatic rings. The molecule has 156 valence electrons. The van der Waals surface area contributed by atoms with Crippen LogP contribution in [0.1, 0.15) is 25.1 Å². The molecule has 1 aliphatic heterocycles. The summed E-state index contributed by atoms with van der Waals surface area (Å²) in [6.07, 6.45) is -1.20. The summed E-state index contributed by atoms with van der Waals surface area (Å²) in [5, 5.41) is 0. The maximum atomic E-state index is 12.3. The molecule has 0 amide bonds. The zero-order chi connectivity index (χ0) is 21.2. The van der Waals surface area contributed by atoms with E-state index in [0.717, 1.165) is 0 Å². The minimum absolute atomic E-state index is 0.0222. The number of hydrogen-bond donors (Lipinski definition) is 1. The van der Waals surface area contributed by atoms with E-state index in [1.807, 2.05) is 0 Å². The highest BCUT2D eigenvalue weighted by molar-refractivity contribution is 7.86. The summed E-state index contributed by atoms with van der Waals surface area (Å²) in [5.74, 6) is -0.583. The lowest BCUT2D eigenvalue weighted by atomic mass is 10.2. The molecule has 3 rings (SSSR count). The summed E-state index contributed by atoms with van der Waals surface area (Å²) in [4.78, 5) is 37.2. The Labute approximate surface area is 166 Å². The van der Waals surface area contributed by atoms with Crippen LogP contribution in [-0.4, -0.2) is 42.8 Å².